The van der Waals surface area contributed by atoms with Gasteiger partial charge in [-0.3, -0.25) is 0 Å². The molecule has 0 saturated carbocycles. The van der Waals surface area contributed by atoms with Crippen LogP contribution in [0.1, 0.15) is 27.7 Å². The molecule has 0 aliphatic carbocycles. The van der Waals surface area contributed by atoms with Crippen LogP contribution in [0.5, 0.6) is 0 Å². The Hall–Kier alpha value is -0.200. The van der Waals surface area contributed by atoms with Gasteiger partial charge >= 0.3 is 0 Å². The normalized spacial score (nSPS) is 38.3. The minimum atomic E-state index is -0.960. The van der Waals surface area contributed by atoms with Crippen molar-refractivity contribution in [2.75, 3.05) is 19.8 Å². The maximum absolute atomic E-state index is 9.87. The summed E-state index contributed by atoms with van der Waals surface area (Å²) in [5.41, 5.74) is 0. The van der Waals surface area contributed by atoms with E-state index in [0.29, 0.717) is 19.8 Å². The molecule has 102 valence electrons. The monoisotopic (exact) mass is 248 g/mol. The highest BCUT2D eigenvalue weighted by atomic mass is 16.7. The van der Waals surface area contributed by atoms with Gasteiger partial charge in [0.25, 0.3) is 0 Å². The Morgan fingerprint density at radius 2 is 1.35 bits per heavy atom. The van der Waals surface area contributed by atoms with Crippen molar-refractivity contribution in [1.82, 2.24) is 0 Å². The van der Waals surface area contributed by atoms with Crippen molar-refractivity contribution >= 4 is 0 Å². The average Bonchev–Trinajstić information content (AvgIpc) is 2.29. The van der Waals surface area contributed by atoms with E-state index in [1.165, 1.54) is 0 Å². The average molecular weight is 248 g/mol. The van der Waals surface area contributed by atoms with Gasteiger partial charge in [-0.05, 0) is 27.7 Å². The van der Waals surface area contributed by atoms with E-state index >= 15 is 0 Å². The maximum Gasteiger partial charge on any atom is 0.184 e. The van der Waals surface area contributed by atoms with Gasteiger partial charge in [0, 0.05) is 19.8 Å². The summed E-state index contributed by atoms with van der Waals surface area (Å²) in [6, 6.07) is 0. The lowest BCUT2D eigenvalue weighted by Gasteiger charge is -2.43. The lowest BCUT2D eigenvalue weighted by atomic mass is 9.99. The zero-order chi connectivity index (χ0) is 12.8. The van der Waals surface area contributed by atoms with Crippen LogP contribution < -0.4 is 0 Å². The maximum atomic E-state index is 9.87. The lowest BCUT2D eigenvalue weighted by Crippen LogP contribution is -2.59. The SMILES string of the molecule is CCO[C@@H]1[C@@H](OCC)[C@@H](OCC)C(O)O[C@H]1C. The van der Waals surface area contributed by atoms with Crippen LogP contribution in [0.3, 0.4) is 0 Å². The van der Waals surface area contributed by atoms with Crippen LogP contribution in [0, 0.1) is 0 Å². The van der Waals surface area contributed by atoms with Gasteiger partial charge in [-0.1, -0.05) is 0 Å². The predicted octanol–water partition coefficient (Wildman–Crippen LogP) is 0.939. The van der Waals surface area contributed by atoms with Crippen LogP contribution in [-0.2, 0) is 18.9 Å². The van der Waals surface area contributed by atoms with E-state index in [2.05, 4.69) is 0 Å². The molecule has 1 saturated heterocycles. The zero-order valence-electron chi connectivity index (χ0n) is 11.1. The smallest absolute Gasteiger partial charge is 0.184 e. The fraction of sp³-hybridized carbons (Fsp3) is 1.00. The van der Waals surface area contributed by atoms with E-state index in [0.717, 1.165) is 0 Å². The van der Waals surface area contributed by atoms with Crippen molar-refractivity contribution in [2.24, 2.45) is 0 Å². The first-order valence-electron chi connectivity index (χ1n) is 6.33. The minimum Gasteiger partial charge on any atom is -0.373 e. The number of hydrogen-bond acceptors (Lipinski definition) is 5. The fourth-order valence-electron chi connectivity index (χ4n) is 2.17. The molecular formula is C12H24O5. The minimum absolute atomic E-state index is 0.208. The molecule has 0 aromatic carbocycles. The number of rotatable bonds is 6. The molecule has 1 unspecified atom stereocenters. The van der Waals surface area contributed by atoms with E-state index < -0.39 is 12.4 Å². The summed E-state index contributed by atoms with van der Waals surface area (Å²) < 4.78 is 22.2. The fourth-order valence-corrected chi connectivity index (χ4v) is 2.17. The number of aliphatic hydroxyl groups is 1. The van der Waals surface area contributed by atoms with Crippen LogP contribution in [-0.4, -0.2) is 55.6 Å². The first kappa shape index (κ1) is 14.9. The Balaban J connectivity index is 2.78. The lowest BCUT2D eigenvalue weighted by molar-refractivity contribution is -0.301. The van der Waals surface area contributed by atoms with Crippen LogP contribution >= 0.6 is 0 Å². The summed E-state index contributed by atoms with van der Waals surface area (Å²) in [5, 5.41) is 9.87. The first-order valence-corrected chi connectivity index (χ1v) is 6.33. The van der Waals surface area contributed by atoms with E-state index in [4.69, 9.17) is 18.9 Å². The van der Waals surface area contributed by atoms with Gasteiger partial charge in [-0.15, -0.1) is 0 Å². The number of ether oxygens (including phenoxy) is 4. The summed E-state index contributed by atoms with van der Waals surface area (Å²) in [5.74, 6) is 0. The van der Waals surface area contributed by atoms with Crippen LogP contribution in [0.2, 0.25) is 0 Å². The van der Waals surface area contributed by atoms with Crippen LogP contribution in [0.25, 0.3) is 0 Å². The molecule has 1 heterocycles. The highest BCUT2D eigenvalue weighted by Crippen LogP contribution is 2.26. The quantitative estimate of drug-likeness (QED) is 0.758. The molecule has 0 aromatic rings. The predicted molar refractivity (Wildman–Crippen MR) is 62.8 cm³/mol. The molecule has 0 spiro atoms. The molecule has 5 atom stereocenters. The third-order valence-corrected chi connectivity index (χ3v) is 2.82. The van der Waals surface area contributed by atoms with E-state index in [1.54, 1.807) is 0 Å². The Morgan fingerprint density at radius 1 is 0.882 bits per heavy atom. The second-order valence-electron chi connectivity index (χ2n) is 3.99. The molecule has 1 aliphatic heterocycles. The summed E-state index contributed by atoms with van der Waals surface area (Å²) in [6.07, 6.45) is -2.16. The van der Waals surface area contributed by atoms with E-state index in [9.17, 15) is 5.11 Å². The van der Waals surface area contributed by atoms with Gasteiger partial charge in [-0.2, -0.15) is 0 Å². The molecule has 17 heavy (non-hydrogen) atoms. The Labute approximate surface area is 103 Å². The van der Waals surface area contributed by atoms with Gasteiger partial charge in [0.05, 0.1) is 6.10 Å². The van der Waals surface area contributed by atoms with Crippen LogP contribution in [0.15, 0.2) is 0 Å². The van der Waals surface area contributed by atoms with Crippen molar-refractivity contribution in [2.45, 2.75) is 58.4 Å². The first-order chi connectivity index (χ1) is 8.15. The molecule has 5 nitrogen and oxygen atoms in total. The molecule has 1 rings (SSSR count). The van der Waals surface area contributed by atoms with Crippen molar-refractivity contribution in [3.63, 3.8) is 0 Å². The molecule has 5 heteroatoms. The molecule has 0 amide bonds. The molecule has 0 bridgehead atoms. The van der Waals surface area contributed by atoms with Gasteiger partial charge in [0.15, 0.2) is 6.29 Å². The molecule has 0 aromatic heterocycles. The number of hydrogen-bond donors (Lipinski definition) is 1. The van der Waals surface area contributed by atoms with Crippen molar-refractivity contribution < 1.29 is 24.1 Å². The Bertz CT molecular complexity index is 193. The summed E-state index contributed by atoms with van der Waals surface area (Å²) in [6.45, 7) is 9.23. The molecule has 1 aliphatic rings. The van der Waals surface area contributed by atoms with Crippen molar-refractivity contribution in [1.29, 1.82) is 0 Å². The topological polar surface area (TPSA) is 57.2 Å². The highest BCUT2D eigenvalue weighted by Gasteiger charge is 2.45. The Morgan fingerprint density at radius 3 is 1.88 bits per heavy atom. The summed E-state index contributed by atoms with van der Waals surface area (Å²) in [7, 11) is 0. The van der Waals surface area contributed by atoms with Crippen LogP contribution in [0.4, 0.5) is 0 Å². The van der Waals surface area contributed by atoms with Crippen molar-refractivity contribution in [3.05, 3.63) is 0 Å². The van der Waals surface area contributed by atoms with Gasteiger partial charge in [-0.25, -0.2) is 0 Å². The summed E-state index contributed by atoms with van der Waals surface area (Å²) in [4.78, 5) is 0. The zero-order valence-corrected chi connectivity index (χ0v) is 11.1. The van der Waals surface area contributed by atoms with E-state index in [1.807, 2.05) is 27.7 Å². The molecule has 1 N–H and O–H groups in total. The van der Waals surface area contributed by atoms with Gasteiger partial charge in [0.2, 0.25) is 0 Å². The highest BCUT2D eigenvalue weighted by molar-refractivity contribution is 4.90. The van der Waals surface area contributed by atoms with Gasteiger partial charge < -0.3 is 24.1 Å². The largest absolute Gasteiger partial charge is 0.373 e. The molecular weight excluding hydrogens is 224 g/mol. The molecule has 0 radical (unpaired) electrons. The Kier molecular flexibility index (Phi) is 6.37. The summed E-state index contributed by atoms with van der Waals surface area (Å²) >= 11 is 0. The standard InChI is InChI=1S/C12H24O5/c1-5-14-9-8(4)17-12(13)11(16-7-3)10(9)15-6-2/h8-13H,5-7H2,1-4H3/t8-,9-,10+,11+,12?/m0/s1. The van der Waals surface area contributed by atoms with Gasteiger partial charge in [0.1, 0.15) is 18.3 Å². The van der Waals surface area contributed by atoms with Crippen molar-refractivity contribution in [3.8, 4) is 0 Å². The third-order valence-electron chi connectivity index (χ3n) is 2.82. The molecule has 1 fully saturated rings. The second-order valence-corrected chi connectivity index (χ2v) is 3.99. The number of aliphatic hydroxyl groups excluding tert-OH is 1. The van der Waals surface area contributed by atoms with E-state index in [-0.39, 0.29) is 18.3 Å². The third kappa shape index (κ3) is 3.63. The second kappa shape index (κ2) is 7.28.